The van der Waals surface area contributed by atoms with Gasteiger partial charge in [-0.1, -0.05) is 12.1 Å². The lowest BCUT2D eigenvalue weighted by atomic mass is 9.84. The molecule has 0 unspecified atom stereocenters. The maximum absolute atomic E-state index is 6.12. The Balaban J connectivity index is 1.98. The fourth-order valence-corrected chi connectivity index (χ4v) is 2.43. The van der Waals surface area contributed by atoms with E-state index in [1.807, 2.05) is 22.9 Å². The second-order valence-electron chi connectivity index (χ2n) is 6.60. The fraction of sp³-hybridized carbons (Fsp3) is 0.438. The van der Waals surface area contributed by atoms with Gasteiger partial charge in [-0.2, -0.15) is 5.10 Å². The van der Waals surface area contributed by atoms with Crippen molar-refractivity contribution in [3.63, 3.8) is 0 Å². The molecule has 0 N–H and O–H groups in total. The van der Waals surface area contributed by atoms with Gasteiger partial charge in [-0.25, -0.2) is 4.68 Å². The van der Waals surface area contributed by atoms with Gasteiger partial charge in [0.15, 0.2) is 0 Å². The minimum atomic E-state index is -0.405. The number of benzene rings is 1. The lowest BCUT2D eigenvalue weighted by Gasteiger charge is -2.32. The van der Waals surface area contributed by atoms with E-state index in [0.717, 1.165) is 11.3 Å². The number of aryl methyl sites for hydroxylation is 1. The number of rotatable bonds is 2. The molecule has 4 nitrogen and oxygen atoms in total. The Morgan fingerprint density at radius 2 is 1.71 bits per heavy atom. The van der Waals surface area contributed by atoms with E-state index in [9.17, 15) is 0 Å². The van der Waals surface area contributed by atoms with E-state index in [1.54, 1.807) is 6.20 Å². The van der Waals surface area contributed by atoms with Crippen molar-refractivity contribution in [2.24, 2.45) is 0 Å². The maximum atomic E-state index is 6.12. The molecule has 0 amide bonds. The molecule has 0 spiro atoms. The topological polar surface area (TPSA) is 36.3 Å². The predicted molar refractivity (Wildman–Crippen MR) is 84.0 cm³/mol. The van der Waals surface area contributed by atoms with Crippen LogP contribution in [-0.2, 0) is 9.31 Å². The Hall–Kier alpha value is -1.59. The van der Waals surface area contributed by atoms with Gasteiger partial charge in [0.2, 0.25) is 0 Å². The lowest BCUT2D eigenvalue weighted by molar-refractivity contribution is 0.00578. The number of hydrogen-bond donors (Lipinski definition) is 0. The minimum Gasteiger partial charge on any atom is -0.398 e. The maximum Gasteiger partial charge on any atom is 0.514 e. The molecule has 110 valence electrons. The number of aromatic nitrogens is 2. The predicted octanol–water partition coefficient (Wildman–Crippen LogP) is 2.48. The van der Waals surface area contributed by atoms with E-state index in [4.69, 9.17) is 9.31 Å². The molecule has 2 heterocycles. The Morgan fingerprint density at radius 3 is 2.33 bits per heavy atom. The van der Waals surface area contributed by atoms with Crippen LogP contribution in [-0.4, -0.2) is 28.1 Å². The molecule has 1 aromatic carbocycles. The summed E-state index contributed by atoms with van der Waals surface area (Å²) in [5, 5.41) is 4.42. The average molecular weight is 284 g/mol. The Bertz CT molecular complexity index is 648. The summed E-state index contributed by atoms with van der Waals surface area (Å²) in [5.41, 5.74) is 2.44. The van der Waals surface area contributed by atoms with Gasteiger partial charge in [-0.3, -0.25) is 0 Å². The monoisotopic (exact) mass is 284 g/mol. The van der Waals surface area contributed by atoms with Crippen LogP contribution in [0.25, 0.3) is 5.69 Å². The highest BCUT2D eigenvalue weighted by Gasteiger charge is 2.52. The summed E-state index contributed by atoms with van der Waals surface area (Å²) < 4.78 is 14.1. The van der Waals surface area contributed by atoms with Crippen LogP contribution < -0.4 is 5.59 Å². The van der Waals surface area contributed by atoms with E-state index in [1.165, 1.54) is 5.56 Å². The van der Waals surface area contributed by atoms with Crippen molar-refractivity contribution in [2.45, 2.75) is 45.8 Å². The lowest BCUT2D eigenvalue weighted by Crippen LogP contribution is -2.41. The molecule has 1 saturated heterocycles. The summed E-state index contributed by atoms with van der Waals surface area (Å²) >= 11 is 0. The highest BCUT2D eigenvalue weighted by Crippen LogP contribution is 2.36. The van der Waals surface area contributed by atoms with Gasteiger partial charge in [0.05, 0.1) is 22.5 Å². The minimum absolute atomic E-state index is 0.348. The zero-order valence-electron chi connectivity index (χ0n) is 13.3. The zero-order valence-corrected chi connectivity index (χ0v) is 13.3. The molecule has 0 saturated carbocycles. The molecule has 1 aliphatic heterocycles. The Morgan fingerprint density at radius 1 is 1.05 bits per heavy atom. The smallest absolute Gasteiger partial charge is 0.398 e. The number of nitrogens with zero attached hydrogens (tertiary/aromatic N) is 2. The van der Waals surface area contributed by atoms with Gasteiger partial charge in [0, 0.05) is 6.20 Å². The molecule has 0 radical (unpaired) electrons. The van der Waals surface area contributed by atoms with Gasteiger partial charge in [-0.15, -0.1) is 0 Å². The second-order valence-corrected chi connectivity index (χ2v) is 6.60. The summed E-state index contributed by atoms with van der Waals surface area (Å²) in [5.74, 6) is 0. The first-order chi connectivity index (χ1) is 9.80. The van der Waals surface area contributed by atoms with Gasteiger partial charge in [0.1, 0.15) is 0 Å². The summed E-state index contributed by atoms with van der Waals surface area (Å²) in [4.78, 5) is 0. The highest BCUT2D eigenvalue weighted by molar-refractivity contribution is 6.61. The van der Waals surface area contributed by atoms with Crippen LogP contribution in [0, 0.1) is 6.92 Å². The van der Waals surface area contributed by atoms with Crippen molar-refractivity contribution in [3.05, 3.63) is 42.1 Å². The van der Waals surface area contributed by atoms with Gasteiger partial charge < -0.3 is 9.31 Å². The first-order valence-corrected chi connectivity index (χ1v) is 7.27. The Labute approximate surface area is 126 Å². The third-order valence-corrected chi connectivity index (χ3v) is 4.41. The molecule has 2 aromatic rings. The van der Waals surface area contributed by atoms with Crippen molar-refractivity contribution >= 4 is 12.7 Å². The normalized spacial score (nSPS) is 20.0. The van der Waals surface area contributed by atoms with Crippen molar-refractivity contribution in [2.75, 3.05) is 0 Å². The summed E-state index contributed by atoms with van der Waals surface area (Å²) in [6, 6.07) is 10.2. The van der Waals surface area contributed by atoms with Gasteiger partial charge >= 0.3 is 7.12 Å². The quantitative estimate of drug-likeness (QED) is 0.795. The molecule has 1 fully saturated rings. The summed E-state index contributed by atoms with van der Waals surface area (Å²) in [7, 11) is -0.405. The fourth-order valence-electron chi connectivity index (χ4n) is 2.43. The first kappa shape index (κ1) is 14.4. The summed E-state index contributed by atoms with van der Waals surface area (Å²) in [6.45, 7) is 10.3. The van der Waals surface area contributed by atoms with E-state index >= 15 is 0 Å². The van der Waals surface area contributed by atoms with Crippen molar-refractivity contribution in [1.29, 1.82) is 0 Å². The molecule has 3 rings (SSSR count). The van der Waals surface area contributed by atoms with Crippen LogP contribution in [0.4, 0.5) is 0 Å². The van der Waals surface area contributed by atoms with Crippen LogP contribution >= 0.6 is 0 Å². The van der Waals surface area contributed by atoms with E-state index < -0.39 is 7.12 Å². The van der Waals surface area contributed by atoms with E-state index in [0.29, 0.717) is 0 Å². The molecule has 21 heavy (non-hydrogen) atoms. The molecule has 0 atom stereocenters. The average Bonchev–Trinajstić information content (AvgIpc) is 2.93. The number of hydrogen-bond acceptors (Lipinski definition) is 3. The van der Waals surface area contributed by atoms with E-state index in [2.05, 4.69) is 51.9 Å². The largest absolute Gasteiger partial charge is 0.514 e. The molecule has 0 aliphatic carbocycles. The van der Waals surface area contributed by atoms with Crippen molar-refractivity contribution in [1.82, 2.24) is 9.78 Å². The SMILES string of the molecule is Cc1cccc(-n2nccc2B2OC(C)(C)C(C)(C)O2)c1. The third-order valence-electron chi connectivity index (χ3n) is 4.41. The molecule has 5 heteroatoms. The Kier molecular flexibility index (Phi) is 3.22. The summed E-state index contributed by atoms with van der Waals surface area (Å²) in [6.07, 6.45) is 1.78. The molecule has 0 bridgehead atoms. The van der Waals surface area contributed by atoms with Crippen LogP contribution in [0.15, 0.2) is 36.5 Å². The van der Waals surface area contributed by atoms with Crippen molar-refractivity contribution < 1.29 is 9.31 Å². The van der Waals surface area contributed by atoms with Crippen LogP contribution in [0.5, 0.6) is 0 Å². The standard InChI is InChI=1S/C16H21BN2O2/c1-12-7-6-8-13(11-12)19-14(9-10-18-19)17-20-15(2,3)16(4,5)21-17/h6-11H,1-5H3. The van der Waals surface area contributed by atoms with Crippen LogP contribution in [0.1, 0.15) is 33.3 Å². The highest BCUT2D eigenvalue weighted by atomic mass is 16.7. The zero-order chi connectivity index (χ0) is 15.3. The molecular formula is C16H21BN2O2. The van der Waals surface area contributed by atoms with E-state index in [-0.39, 0.29) is 11.2 Å². The van der Waals surface area contributed by atoms with Crippen LogP contribution in [0.3, 0.4) is 0 Å². The molecule has 1 aliphatic rings. The van der Waals surface area contributed by atoms with Gasteiger partial charge in [-0.05, 0) is 58.4 Å². The first-order valence-electron chi connectivity index (χ1n) is 7.27. The molecule has 1 aromatic heterocycles. The van der Waals surface area contributed by atoms with Crippen LogP contribution in [0.2, 0.25) is 0 Å². The second kappa shape index (κ2) is 4.72. The van der Waals surface area contributed by atoms with Gasteiger partial charge in [0.25, 0.3) is 0 Å². The van der Waals surface area contributed by atoms with Crippen molar-refractivity contribution in [3.8, 4) is 5.69 Å². The third kappa shape index (κ3) is 2.41. The molecular weight excluding hydrogens is 263 g/mol.